The molecule has 2 heterocycles. The third-order valence-corrected chi connectivity index (χ3v) is 5.44. The number of carbonyl (C=O) groups is 1. The molecule has 5 nitrogen and oxygen atoms in total. The van der Waals surface area contributed by atoms with Gasteiger partial charge in [0.1, 0.15) is 5.82 Å². The van der Waals surface area contributed by atoms with Gasteiger partial charge in [0, 0.05) is 26.1 Å². The quantitative estimate of drug-likeness (QED) is 0.874. The number of aromatic nitrogens is 2. The number of carbonyl (C=O) groups excluding carboxylic acids is 1. The molecule has 0 aromatic carbocycles. The molecule has 1 aromatic heterocycles. The Balaban J connectivity index is 1.41. The van der Waals surface area contributed by atoms with E-state index in [9.17, 15) is 4.79 Å². The van der Waals surface area contributed by atoms with Crippen molar-refractivity contribution in [2.24, 2.45) is 5.92 Å². The summed E-state index contributed by atoms with van der Waals surface area (Å²) in [5.74, 6) is 1.81. The van der Waals surface area contributed by atoms with E-state index < -0.39 is 0 Å². The molecule has 5 heteroatoms. The summed E-state index contributed by atoms with van der Waals surface area (Å²) in [6, 6.07) is 2.30. The number of hydrogen-bond donors (Lipinski definition) is 1. The molecule has 1 aliphatic heterocycles. The standard InChI is InChI=1S/C18H30N4O/c1-15(23)20-18-8-11-19-22(18)17-9-13-21(14-10-17)12-4-7-16-5-2-3-6-16/h8,11,16-17H,2-7,9-10,12-14H2,1H3,(H,20,23). The first-order valence-corrected chi connectivity index (χ1v) is 9.26. The van der Waals surface area contributed by atoms with E-state index in [1.54, 1.807) is 13.1 Å². The molecule has 0 radical (unpaired) electrons. The van der Waals surface area contributed by atoms with Gasteiger partial charge in [-0.3, -0.25) is 4.79 Å². The van der Waals surface area contributed by atoms with Gasteiger partial charge in [0.2, 0.25) is 5.91 Å². The van der Waals surface area contributed by atoms with E-state index in [2.05, 4.69) is 15.3 Å². The molecule has 128 valence electrons. The highest BCUT2D eigenvalue weighted by Crippen LogP contribution is 2.29. The summed E-state index contributed by atoms with van der Waals surface area (Å²) in [6.45, 7) is 5.09. The third kappa shape index (κ3) is 4.56. The highest BCUT2D eigenvalue weighted by Gasteiger charge is 2.23. The maximum Gasteiger partial charge on any atom is 0.222 e. The molecule has 1 amide bonds. The van der Waals surface area contributed by atoms with Crippen LogP contribution in [0.4, 0.5) is 5.82 Å². The largest absolute Gasteiger partial charge is 0.311 e. The summed E-state index contributed by atoms with van der Waals surface area (Å²) in [6.07, 6.45) is 12.6. The molecule has 2 aliphatic rings. The van der Waals surface area contributed by atoms with Crippen molar-refractivity contribution in [2.75, 3.05) is 25.0 Å². The van der Waals surface area contributed by atoms with Gasteiger partial charge in [-0.25, -0.2) is 4.68 Å². The fourth-order valence-electron chi connectivity index (χ4n) is 4.17. The van der Waals surface area contributed by atoms with E-state index in [1.165, 1.54) is 45.1 Å². The van der Waals surface area contributed by atoms with Gasteiger partial charge in [-0.1, -0.05) is 25.7 Å². The lowest BCUT2D eigenvalue weighted by Crippen LogP contribution is -2.36. The Bertz CT molecular complexity index is 499. The zero-order valence-corrected chi connectivity index (χ0v) is 14.3. The van der Waals surface area contributed by atoms with Crippen molar-refractivity contribution in [3.63, 3.8) is 0 Å². The summed E-state index contributed by atoms with van der Waals surface area (Å²) in [5.41, 5.74) is 0. The number of hydrogen-bond acceptors (Lipinski definition) is 3. The lowest BCUT2D eigenvalue weighted by atomic mass is 10.0. The number of nitrogens with one attached hydrogen (secondary N) is 1. The van der Waals surface area contributed by atoms with Gasteiger partial charge in [-0.2, -0.15) is 5.10 Å². The minimum Gasteiger partial charge on any atom is -0.311 e. The number of piperidine rings is 1. The van der Waals surface area contributed by atoms with E-state index in [1.807, 2.05) is 10.7 Å². The summed E-state index contributed by atoms with van der Waals surface area (Å²) in [4.78, 5) is 13.9. The molecule has 3 rings (SSSR count). The SMILES string of the molecule is CC(=O)Nc1ccnn1C1CCN(CCCC2CCCC2)CC1. The molecule has 0 unspecified atom stereocenters. The van der Waals surface area contributed by atoms with Crippen molar-refractivity contribution in [1.29, 1.82) is 0 Å². The molecule has 0 spiro atoms. The van der Waals surface area contributed by atoms with Crippen molar-refractivity contribution in [3.05, 3.63) is 12.3 Å². The third-order valence-electron chi connectivity index (χ3n) is 5.44. The lowest BCUT2D eigenvalue weighted by molar-refractivity contribution is -0.114. The number of anilines is 1. The smallest absolute Gasteiger partial charge is 0.222 e. The minimum absolute atomic E-state index is 0.0314. The molecular formula is C18H30N4O. The second-order valence-electron chi connectivity index (χ2n) is 7.21. The average Bonchev–Trinajstić information content (AvgIpc) is 3.19. The van der Waals surface area contributed by atoms with Crippen LogP contribution in [0.15, 0.2) is 12.3 Å². The summed E-state index contributed by atoms with van der Waals surface area (Å²) in [5, 5.41) is 7.29. The van der Waals surface area contributed by atoms with E-state index in [0.717, 1.165) is 37.7 Å². The van der Waals surface area contributed by atoms with Crippen molar-refractivity contribution in [2.45, 2.75) is 64.3 Å². The maximum absolute atomic E-state index is 11.3. The van der Waals surface area contributed by atoms with Gasteiger partial charge in [0.05, 0.1) is 12.2 Å². The molecule has 1 saturated heterocycles. The maximum atomic E-state index is 11.3. The summed E-state index contributed by atoms with van der Waals surface area (Å²) >= 11 is 0. The molecule has 0 bridgehead atoms. The zero-order chi connectivity index (χ0) is 16.1. The van der Waals surface area contributed by atoms with Crippen LogP contribution in [0.5, 0.6) is 0 Å². The Morgan fingerprint density at radius 3 is 2.70 bits per heavy atom. The van der Waals surface area contributed by atoms with E-state index in [4.69, 9.17) is 0 Å². The van der Waals surface area contributed by atoms with Gasteiger partial charge in [0.15, 0.2) is 0 Å². The molecule has 1 N–H and O–H groups in total. The normalized spacial score (nSPS) is 20.9. The topological polar surface area (TPSA) is 50.2 Å². The number of amides is 1. The van der Waals surface area contributed by atoms with E-state index >= 15 is 0 Å². The van der Waals surface area contributed by atoms with Gasteiger partial charge in [0.25, 0.3) is 0 Å². The van der Waals surface area contributed by atoms with Crippen molar-refractivity contribution in [1.82, 2.24) is 14.7 Å². The second-order valence-corrected chi connectivity index (χ2v) is 7.21. The first kappa shape index (κ1) is 16.5. The van der Waals surface area contributed by atoms with Crippen LogP contribution in [-0.2, 0) is 4.79 Å². The van der Waals surface area contributed by atoms with Crippen LogP contribution >= 0.6 is 0 Å². The predicted octanol–water partition coefficient (Wildman–Crippen LogP) is 3.45. The molecule has 1 aliphatic carbocycles. The fraction of sp³-hybridized carbons (Fsp3) is 0.778. The number of nitrogens with zero attached hydrogens (tertiary/aromatic N) is 3. The van der Waals surface area contributed by atoms with Gasteiger partial charge in [-0.05, 0) is 38.1 Å². The van der Waals surface area contributed by atoms with Gasteiger partial charge >= 0.3 is 0 Å². The number of likely N-dealkylation sites (tertiary alicyclic amines) is 1. The van der Waals surface area contributed by atoms with E-state index in [0.29, 0.717) is 6.04 Å². The second kappa shape index (κ2) is 7.95. The highest BCUT2D eigenvalue weighted by molar-refractivity contribution is 5.87. The molecule has 0 atom stereocenters. The van der Waals surface area contributed by atoms with Crippen LogP contribution in [0.25, 0.3) is 0 Å². The van der Waals surface area contributed by atoms with E-state index in [-0.39, 0.29) is 5.91 Å². The van der Waals surface area contributed by atoms with Crippen molar-refractivity contribution < 1.29 is 4.79 Å². The van der Waals surface area contributed by atoms with Crippen molar-refractivity contribution >= 4 is 11.7 Å². The van der Waals surface area contributed by atoms with Gasteiger partial charge < -0.3 is 10.2 Å². The average molecular weight is 318 g/mol. The highest BCUT2D eigenvalue weighted by atomic mass is 16.1. The first-order chi connectivity index (χ1) is 11.2. The van der Waals surface area contributed by atoms with Crippen LogP contribution in [-0.4, -0.2) is 40.2 Å². The first-order valence-electron chi connectivity index (χ1n) is 9.26. The summed E-state index contributed by atoms with van der Waals surface area (Å²) in [7, 11) is 0. The lowest BCUT2D eigenvalue weighted by Gasteiger charge is -2.32. The summed E-state index contributed by atoms with van der Waals surface area (Å²) < 4.78 is 2.00. The molecule has 1 saturated carbocycles. The number of rotatable bonds is 6. The van der Waals surface area contributed by atoms with Gasteiger partial charge in [-0.15, -0.1) is 0 Å². The molecular weight excluding hydrogens is 288 g/mol. The Labute approximate surface area is 139 Å². The van der Waals surface area contributed by atoms with Crippen LogP contribution in [0, 0.1) is 5.92 Å². The minimum atomic E-state index is -0.0314. The fourth-order valence-corrected chi connectivity index (χ4v) is 4.17. The Morgan fingerprint density at radius 2 is 2.00 bits per heavy atom. The van der Waals surface area contributed by atoms with Crippen molar-refractivity contribution in [3.8, 4) is 0 Å². The Hall–Kier alpha value is -1.36. The van der Waals surface area contributed by atoms with Crippen LogP contribution in [0.2, 0.25) is 0 Å². The molecule has 2 fully saturated rings. The Morgan fingerprint density at radius 1 is 1.26 bits per heavy atom. The monoisotopic (exact) mass is 318 g/mol. The zero-order valence-electron chi connectivity index (χ0n) is 14.3. The Kier molecular flexibility index (Phi) is 5.70. The van der Waals surface area contributed by atoms with Crippen LogP contribution in [0.3, 0.4) is 0 Å². The molecule has 1 aromatic rings. The van der Waals surface area contributed by atoms with Crippen LogP contribution in [0.1, 0.15) is 64.3 Å². The van der Waals surface area contributed by atoms with Crippen LogP contribution < -0.4 is 5.32 Å². The predicted molar refractivity (Wildman–Crippen MR) is 92.4 cm³/mol. The molecule has 23 heavy (non-hydrogen) atoms.